The predicted molar refractivity (Wildman–Crippen MR) is 122 cm³/mol. The maximum atomic E-state index is 12.7. The lowest BCUT2D eigenvalue weighted by atomic mass is 10.1. The molecule has 0 saturated carbocycles. The Morgan fingerprint density at radius 2 is 1.87 bits per heavy atom. The number of anilines is 1. The molecular formula is C23H27N3O4S. The molecule has 0 aliphatic heterocycles. The summed E-state index contributed by atoms with van der Waals surface area (Å²) in [5.41, 5.74) is 2.55. The zero-order chi connectivity index (χ0) is 22.2. The van der Waals surface area contributed by atoms with E-state index >= 15 is 0 Å². The van der Waals surface area contributed by atoms with Gasteiger partial charge in [0.25, 0.3) is 5.91 Å². The highest BCUT2D eigenvalue weighted by Gasteiger charge is 2.10. The standard InChI is InChI=1S/C23H27N3O4S/c1-4-29-13-12-26-20-11-8-18(24-16(3)27)15-21(20)31-23(26)25-22(28)14-17-6-9-19(10-7-17)30-5-2/h6-11,15H,4-5,12-14H2,1-3H3,(H,24,27). The van der Waals surface area contributed by atoms with Crippen molar-refractivity contribution in [2.75, 3.05) is 25.1 Å². The summed E-state index contributed by atoms with van der Waals surface area (Å²) in [5, 5.41) is 2.79. The van der Waals surface area contributed by atoms with Crippen LogP contribution in [0.25, 0.3) is 10.2 Å². The van der Waals surface area contributed by atoms with Crippen molar-refractivity contribution in [2.45, 2.75) is 33.7 Å². The average molecular weight is 442 g/mol. The molecule has 0 aliphatic carbocycles. The minimum atomic E-state index is -0.219. The molecule has 0 unspecified atom stereocenters. The van der Waals surface area contributed by atoms with Crippen molar-refractivity contribution in [1.82, 2.24) is 4.57 Å². The molecule has 0 aliphatic rings. The van der Waals surface area contributed by atoms with Crippen molar-refractivity contribution in [1.29, 1.82) is 0 Å². The number of amides is 2. The Morgan fingerprint density at radius 1 is 1.10 bits per heavy atom. The van der Waals surface area contributed by atoms with Crippen LogP contribution in [0, 0.1) is 0 Å². The van der Waals surface area contributed by atoms with Crippen LogP contribution in [0.1, 0.15) is 26.3 Å². The maximum absolute atomic E-state index is 12.7. The number of carbonyl (C=O) groups is 2. The Balaban J connectivity index is 1.89. The topological polar surface area (TPSA) is 81.9 Å². The molecule has 0 radical (unpaired) electrons. The summed E-state index contributed by atoms with van der Waals surface area (Å²) in [5.74, 6) is 0.433. The van der Waals surface area contributed by atoms with Crippen LogP contribution >= 0.6 is 11.3 Å². The molecule has 2 amide bonds. The number of aromatic nitrogens is 1. The van der Waals surface area contributed by atoms with Crippen molar-refractivity contribution >= 4 is 39.1 Å². The summed E-state index contributed by atoms with van der Waals surface area (Å²) in [6.45, 7) is 7.69. The van der Waals surface area contributed by atoms with Crippen LogP contribution in [-0.2, 0) is 27.3 Å². The van der Waals surface area contributed by atoms with E-state index in [1.54, 1.807) is 0 Å². The third kappa shape index (κ3) is 6.26. The highest BCUT2D eigenvalue weighted by molar-refractivity contribution is 7.16. The number of benzene rings is 2. The summed E-state index contributed by atoms with van der Waals surface area (Å²) >= 11 is 1.42. The molecule has 3 aromatic rings. The first-order chi connectivity index (χ1) is 15.0. The van der Waals surface area contributed by atoms with E-state index in [0.717, 1.165) is 21.5 Å². The molecule has 0 saturated heterocycles. The molecule has 3 rings (SSSR count). The second-order valence-corrected chi connectivity index (χ2v) is 7.87. The summed E-state index contributed by atoms with van der Waals surface area (Å²) in [7, 11) is 0. The van der Waals surface area contributed by atoms with Gasteiger partial charge in [0, 0.05) is 25.8 Å². The molecule has 1 aromatic heterocycles. The first-order valence-corrected chi connectivity index (χ1v) is 11.1. The number of nitrogens with zero attached hydrogens (tertiary/aromatic N) is 2. The van der Waals surface area contributed by atoms with Crippen LogP contribution < -0.4 is 14.9 Å². The third-order valence-electron chi connectivity index (χ3n) is 4.48. The zero-order valence-corrected chi connectivity index (χ0v) is 18.8. The van der Waals surface area contributed by atoms with Gasteiger partial charge in [-0.1, -0.05) is 23.5 Å². The smallest absolute Gasteiger partial charge is 0.252 e. The number of hydrogen-bond acceptors (Lipinski definition) is 5. The fraction of sp³-hybridized carbons (Fsp3) is 0.348. The molecule has 7 nitrogen and oxygen atoms in total. The van der Waals surface area contributed by atoms with Gasteiger partial charge in [-0.05, 0) is 49.7 Å². The van der Waals surface area contributed by atoms with Gasteiger partial charge < -0.3 is 19.4 Å². The largest absolute Gasteiger partial charge is 0.494 e. The minimum Gasteiger partial charge on any atom is -0.494 e. The SMILES string of the molecule is CCOCCn1c(=NC(=O)Cc2ccc(OCC)cc2)sc2cc(NC(C)=O)ccc21. The van der Waals surface area contributed by atoms with E-state index in [0.29, 0.717) is 36.9 Å². The van der Waals surface area contributed by atoms with Crippen LogP contribution in [0.4, 0.5) is 5.69 Å². The normalized spacial score (nSPS) is 11.6. The molecule has 2 aromatic carbocycles. The monoisotopic (exact) mass is 441 g/mol. The van der Waals surface area contributed by atoms with Crippen molar-refractivity contribution < 1.29 is 19.1 Å². The fourth-order valence-electron chi connectivity index (χ4n) is 3.15. The highest BCUT2D eigenvalue weighted by atomic mass is 32.1. The molecule has 0 atom stereocenters. The Morgan fingerprint density at radius 3 is 2.55 bits per heavy atom. The van der Waals surface area contributed by atoms with E-state index < -0.39 is 0 Å². The van der Waals surface area contributed by atoms with Gasteiger partial charge in [-0.25, -0.2) is 0 Å². The van der Waals surface area contributed by atoms with Crippen molar-refractivity contribution in [3.8, 4) is 5.75 Å². The van der Waals surface area contributed by atoms with E-state index in [9.17, 15) is 9.59 Å². The van der Waals surface area contributed by atoms with Crippen molar-refractivity contribution in [2.24, 2.45) is 4.99 Å². The number of hydrogen-bond donors (Lipinski definition) is 1. The van der Waals surface area contributed by atoms with Crippen LogP contribution in [0.15, 0.2) is 47.5 Å². The van der Waals surface area contributed by atoms with Gasteiger partial charge in [-0.15, -0.1) is 0 Å². The third-order valence-corrected chi connectivity index (χ3v) is 5.52. The Hall–Kier alpha value is -2.97. The van der Waals surface area contributed by atoms with Crippen LogP contribution in [0.5, 0.6) is 5.75 Å². The molecule has 1 N–H and O–H groups in total. The summed E-state index contributed by atoms with van der Waals surface area (Å²) in [4.78, 5) is 29.0. The van der Waals surface area contributed by atoms with E-state index in [4.69, 9.17) is 9.47 Å². The van der Waals surface area contributed by atoms with Gasteiger partial charge in [0.05, 0.1) is 29.9 Å². The first-order valence-electron chi connectivity index (χ1n) is 10.3. The van der Waals surface area contributed by atoms with Gasteiger partial charge in [-0.3, -0.25) is 9.59 Å². The lowest BCUT2D eigenvalue weighted by Crippen LogP contribution is -2.20. The van der Waals surface area contributed by atoms with E-state index in [1.807, 2.05) is 60.9 Å². The second kappa shape index (κ2) is 10.9. The molecule has 164 valence electrons. The second-order valence-electron chi connectivity index (χ2n) is 6.86. The number of carbonyl (C=O) groups excluding carboxylic acids is 2. The molecule has 8 heteroatoms. The minimum absolute atomic E-state index is 0.129. The first kappa shape index (κ1) is 22.7. The molecule has 1 heterocycles. The molecule has 0 fully saturated rings. The maximum Gasteiger partial charge on any atom is 0.252 e. The van der Waals surface area contributed by atoms with Crippen molar-refractivity contribution in [3.05, 3.63) is 52.8 Å². The highest BCUT2D eigenvalue weighted by Crippen LogP contribution is 2.22. The zero-order valence-electron chi connectivity index (χ0n) is 18.0. The lowest BCUT2D eigenvalue weighted by molar-refractivity contribution is -0.117. The van der Waals surface area contributed by atoms with Gasteiger partial charge in [0.2, 0.25) is 5.91 Å². The Labute approximate surface area is 185 Å². The average Bonchev–Trinajstić information content (AvgIpc) is 3.05. The fourth-order valence-corrected chi connectivity index (χ4v) is 4.26. The number of thiazole rings is 1. The van der Waals surface area contributed by atoms with Crippen molar-refractivity contribution in [3.63, 3.8) is 0 Å². The molecule has 0 bridgehead atoms. The van der Waals surface area contributed by atoms with Gasteiger partial charge in [0.15, 0.2) is 4.80 Å². The van der Waals surface area contributed by atoms with Crippen LogP contribution in [0.3, 0.4) is 0 Å². The Kier molecular flexibility index (Phi) is 7.97. The van der Waals surface area contributed by atoms with Gasteiger partial charge >= 0.3 is 0 Å². The Bertz CT molecular complexity index is 1120. The summed E-state index contributed by atoms with van der Waals surface area (Å²) in [6.07, 6.45) is 0.212. The van der Waals surface area contributed by atoms with E-state index in [2.05, 4.69) is 10.3 Å². The lowest BCUT2D eigenvalue weighted by Gasteiger charge is -2.06. The number of ether oxygens (including phenoxy) is 2. The summed E-state index contributed by atoms with van der Waals surface area (Å²) in [6, 6.07) is 13.2. The number of nitrogens with one attached hydrogen (secondary N) is 1. The van der Waals surface area contributed by atoms with Gasteiger partial charge in [-0.2, -0.15) is 4.99 Å². The van der Waals surface area contributed by atoms with Crippen LogP contribution in [0.2, 0.25) is 0 Å². The van der Waals surface area contributed by atoms with E-state index in [1.165, 1.54) is 18.3 Å². The number of rotatable bonds is 9. The van der Waals surface area contributed by atoms with E-state index in [-0.39, 0.29) is 18.2 Å². The molecule has 0 spiro atoms. The molecule has 31 heavy (non-hydrogen) atoms. The number of fused-ring (bicyclic) bond motifs is 1. The van der Waals surface area contributed by atoms with Gasteiger partial charge in [0.1, 0.15) is 5.75 Å². The molecular weight excluding hydrogens is 414 g/mol. The summed E-state index contributed by atoms with van der Waals surface area (Å²) < 4.78 is 13.9. The van der Waals surface area contributed by atoms with Crippen LogP contribution in [-0.4, -0.2) is 36.2 Å². The quantitative estimate of drug-likeness (QED) is 0.513. The predicted octanol–water partition coefficient (Wildman–Crippen LogP) is 3.77.